The molecule has 3 rings (SSSR count). The minimum Gasteiger partial charge on any atom is -0.490 e. The summed E-state index contributed by atoms with van der Waals surface area (Å²) in [5, 5.41) is 5.58. The van der Waals surface area contributed by atoms with Crippen LogP contribution in [-0.2, 0) is 19.5 Å². The van der Waals surface area contributed by atoms with Crippen LogP contribution in [0.15, 0.2) is 53.4 Å². The highest BCUT2D eigenvalue weighted by molar-refractivity contribution is 7.89. The van der Waals surface area contributed by atoms with Crippen LogP contribution in [0.25, 0.3) is 0 Å². The second-order valence-electron chi connectivity index (χ2n) is 6.99. The van der Waals surface area contributed by atoms with E-state index in [1.807, 2.05) is 6.92 Å². The first-order valence-electron chi connectivity index (χ1n) is 10.5. The van der Waals surface area contributed by atoms with Gasteiger partial charge in [-0.1, -0.05) is 12.1 Å². The van der Waals surface area contributed by atoms with Crippen LogP contribution in [-0.4, -0.2) is 69.9 Å². The summed E-state index contributed by atoms with van der Waals surface area (Å²) in [6, 6.07) is 13.0. The molecule has 0 atom stereocenters. The molecule has 33 heavy (non-hydrogen) atoms. The lowest BCUT2D eigenvalue weighted by molar-refractivity contribution is 0.0730. The van der Waals surface area contributed by atoms with Gasteiger partial charge in [-0.3, -0.25) is 10.1 Å². The van der Waals surface area contributed by atoms with Gasteiger partial charge in [-0.15, -0.1) is 0 Å². The molecule has 1 aliphatic rings. The standard InChI is InChI=1S/C22H27N3O6S2/c1-2-29-15-16-31-20-6-4-3-5-19(20)21(26)24-22(32)23-17-7-9-18(10-8-17)33(27,28)25-11-13-30-14-12-25/h3-10H,2,11-16H2,1H3,(H2,23,24,26,32). The van der Waals surface area contributed by atoms with Crippen molar-refractivity contribution in [3.05, 3.63) is 54.1 Å². The van der Waals surface area contributed by atoms with Crippen LogP contribution in [0.5, 0.6) is 5.75 Å². The minimum atomic E-state index is -3.58. The molecule has 0 bridgehead atoms. The van der Waals surface area contributed by atoms with Crippen molar-refractivity contribution in [2.75, 3.05) is 51.4 Å². The van der Waals surface area contributed by atoms with Crippen LogP contribution in [0, 0.1) is 0 Å². The first-order chi connectivity index (χ1) is 15.9. The van der Waals surface area contributed by atoms with E-state index in [1.54, 1.807) is 36.4 Å². The summed E-state index contributed by atoms with van der Waals surface area (Å²) in [6.45, 7) is 4.65. The summed E-state index contributed by atoms with van der Waals surface area (Å²) in [6.07, 6.45) is 0. The molecule has 1 saturated heterocycles. The first-order valence-corrected chi connectivity index (χ1v) is 12.4. The highest BCUT2D eigenvalue weighted by Crippen LogP contribution is 2.20. The number of hydrogen-bond acceptors (Lipinski definition) is 7. The largest absolute Gasteiger partial charge is 0.490 e. The number of carbonyl (C=O) groups excluding carboxylic acids is 1. The fourth-order valence-electron chi connectivity index (χ4n) is 3.11. The summed E-state index contributed by atoms with van der Waals surface area (Å²) in [7, 11) is -3.58. The monoisotopic (exact) mass is 493 g/mol. The lowest BCUT2D eigenvalue weighted by Crippen LogP contribution is -2.40. The maximum atomic E-state index is 12.7. The SMILES string of the molecule is CCOCCOc1ccccc1C(=O)NC(=S)Nc1ccc(S(=O)(=O)N2CCOCC2)cc1. The molecule has 178 valence electrons. The third kappa shape index (κ3) is 6.95. The minimum absolute atomic E-state index is 0.0768. The van der Waals surface area contributed by atoms with Gasteiger partial charge in [-0.2, -0.15) is 4.31 Å². The Kier molecular flexibility index (Phi) is 9.15. The molecular formula is C22H27N3O6S2. The number of para-hydroxylation sites is 1. The van der Waals surface area contributed by atoms with E-state index in [9.17, 15) is 13.2 Å². The smallest absolute Gasteiger partial charge is 0.261 e. The quantitative estimate of drug-likeness (QED) is 0.405. The van der Waals surface area contributed by atoms with E-state index in [1.165, 1.54) is 16.4 Å². The molecule has 2 aromatic carbocycles. The Morgan fingerprint density at radius 1 is 1.09 bits per heavy atom. The van der Waals surface area contributed by atoms with Crippen molar-refractivity contribution in [3.8, 4) is 5.75 Å². The van der Waals surface area contributed by atoms with Crippen molar-refractivity contribution >= 4 is 38.9 Å². The average Bonchev–Trinajstić information content (AvgIpc) is 2.83. The fraction of sp³-hybridized carbons (Fsp3) is 0.364. The van der Waals surface area contributed by atoms with Gasteiger partial charge in [0.05, 0.1) is 30.3 Å². The highest BCUT2D eigenvalue weighted by atomic mass is 32.2. The van der Waals surface area contributed by atoms with E-state index in [0.717, 1.165) is 0 Å². The summed E-state index contributed by atoms with van der Waals surface area (Å²) in [5.41, 5.74) is 0.882. The molecule has 0 radical (unpaired) electrons. The van der Waals surface area contributed by atoms with E-state index < -0.39 is 15.9 Å². The molecule has 0 aromatic heterocycles. The van der Waals surface area contributed by atoms with Gasteiger partial charge >= 0.3 is 0 Å². The number of nitrogens with one attached hydrogen (secondary N) is 2. The van der Waals surface area contributed by atoms with Gasteiger partial charge in [0.1, 0.15) is 12.4 Å². The summed E-state index contributed by atoms with van der Waals surface area (Å²) in [5.74, 6) is 0.00111. The number of morpholine rings is 1. The van der Waals surface area contributed by atoms with Crippen molar-refractivity contribution < 1.29 is 27.4 Å². The Morgan fingerprint density at radius 2 is 1.79 bits per heavy atom. The van der Waals surface area contributed by atoms with Gasteiger partial charge in [0, 0.05) is 25.4 Å². The Balaban J connectivity index is 1.58. The number of benzene rings is 2. The Hall–Kier alpha value is -2.57. The maximum Gasteiger partial charge on any atom is 0.261 e. The molecule has 0 saturated carbocycles. The number of ether oxygens (including phenoxy) is 3. The second-order valence-corrected chi connectivity index (χ2v) is 9.34. The van der Waals surface area contributed by atoms with Crippen molar-refractivity contribution in [3.63, 3.8) is 0 Å². The van der Waals surface area contributed by atoms with Crippen LogP contribution in [0.4, 0.5) is 5.69 Å². The number of nitrogens with zero attached hydrogens (tertiary/aromatic N) is 1. The zero-order valence-electron chi connectivity index (χ0n) is 18.3. The molecular weight excluding hydrogens is 466 g/mol. The molecule has 9 nitrogen and oxygen atoms in total. The van der Waals surface area contributed by atoms with Gasteiger partial charge in [-0.05, 0) is 55.5 Å². The van der Waals surface area contributed by atoms with Crippen LogP contribution >= 0.6 is 12.2 Å². The molecule has 1 heterocycles. The predicted octanol–water partition coefficient (Wildman–Crippen LogP) is 2.25. The highest BCUT2D eigenvalue weighted by Gasteiger charge is 2.26. The zero-order valence-corrected chi connectivity index (χ0v) is 19.9. The Bertz CT molecular complexity index is 1050. The summed E-state index contributed by atoms with van der Waals surface area (Å²) < 4.78 is 42.9. The topological polar surface area (TPSA) is 106 Å². The van der Waals surface area contributed by atoms with Crippen molar-refractivity contribution in [2.45, 2.75) is 11.8 Å². The van der Waals surface area contributed by atoms with Gasteiger partial charge in [-0.25, -0.2) is 8.42 Å². The van der Waals surface area contributed by atoms with E-state index in [-0.39, 0.29) is 10.0 Å². The van der Waals surface area contributed by atoms with Crippen LogP contribution < -0.4 is 15.4 Å². The second kappa shape index (κ2) is 12.1. The van der Waals surface area contributed by atoms with E-state index in [2.05, 4.69) is 10.6 Å². The zero-order chi connectivity index (χ0) is 23.7. The molecule has 2 N–H and O–H groups in total. The van der Waals surface area contributed by atoms with E-state index >= 15 is 0 Å². The number of thiocarbonyl (C=S) groups is 1. The molecule has 11 heteroatoms. The summed E-state index contributed by atoms with van der Waals surface area (Å²) >= 11 is 5.24. The number of sulfonamides is 1. The van der Waals surface area contributed by atoms with Crippen molar-refractivity contribution in [2.24, 2.45) is 0 Å². The molecule has 1 amide bonds. The van der Waals surface area contributed by atoms with Gasteiger partial charge in [0.15, 0.2) is 5.11 Å². The molecule has 1 fully saturated rings. The van der Waals surface area contributed by atoms with E-state index in [0.29, 0.717) is 63.1 Å². The van der Waals surface area contributed by atoms with Crippen molar-refractivity contribution in [1.29, 1.82) is 0 Å². The van der Waals surface area contributed by atoms with Gasteiger partial charge in [0.2, 0.25) is 10.0 Å². The number of rotatable bonds is 9. The fourth-order valence-corrected chi connectivity index (χ4v) is 4.73. The Labute approximate surface area is 199 Å². The first kappa shape index (κ1) is 25.1. The lowest BCUT2D eigenvalue weighted by atomic mass is 10.2. The van der Waals surface area contributed by atoms with Crippen LogP contribution in [0.1, 0.15) is 17.3 Å². The third-order valence-corrected chi connectivity index (χ3v) is 6.89. The number of amides is 1. The number of anilines is 1. The Morgan fingerprint density at radius 3 is 2.48 bits per heavy atom. The van der Waals surface area contributed by atoms with Crippen LogP contribution in [0.2, 0.25) is 0 Å². The van der Waals surface area contributed by atoms with Crippen molar-refractivity contribution in [1.82, 2.24) is 9.62 Å². The third-order valence-electron chi connectivity index (χ3n) is 4.77. The van der Waals surface area contributed by atoms with E-state index in [4.69, 9.17) is 26.4 Å². The predicted molar refractivity (Wildman–Crippen MR) is 128 cm³/mol. The van der Waals surface area contributed by atoms with Gasteiger partial charge in [0.25, 0.3) is 5.91 Å². The molecule has 2 aromatic rings. The molecule has 0 unspecified atom stereocenters. The summed E-state index contributed by atoms with van der Waals surface area (Å²) in [4.78, 5) is 12.9. The average molecular weight is 494 g/mol. The normalized spacial score (nSPS) is 14.5. The van der Waals surface area contributed by atoms with Crippen LogP contribution in [0.3, 0.4) is 0 Å². The molecule has 0 aliphatic carbocycles. The number of carbonyl (C=O) groups is 1. The molecule has 0 spiro atoms. The maximum absolute atomic E-state index is 12.7. The molecule has 1 aliphatic heterocycles. The lowest BCUT2D eigenvalue weighted by Gasteiger charge is -2.26. The van der Waals surface area contributed by atoms with Gasteiger partial charge < -0.3 is 19.5 Å². The number of hydrogen-bond donors (Lipinski definition) is 2.